The summed E-state index contributed by atoms with van der Waals surface area (Å²) in [5.74, 6) is -0.474. The summed E-state index contributed by atoms with van der Waals surface area (Å²) in [6.45, 7) is 1.90. The topological polar surface area (TPSA) is 82.5 Å². The van der Waals surface area contributed by atoms with Crippen LogP contribution in [0.1, 0.15) is 21.5 Å². The highest BCUT2D eigenvalue weighted by molar-refractivity contribution is 5.90. The second-order valence-corrected chi connectivity index (χ2v) is 5.29. The molecule has 116 valence electrons. The van der Waals surface area contributed by atoms with Gasteiger partial charge in [0.25, 0.3) is 0 Å². The van der Waals surface area contributed by atoms with Gasteiger partial charge >= 0.3 is 11.6 Å². The van der Waals surface area contributed by atoms with Gasteiger partial charge in [-0.2, -0.15) is 0 Å². The SMILES string of the molecule is Cc1ccc2c(COC(=O)c3ccc(N)cc3)cc(=O)oc2c1. The van der Waals surface area contributed by atoms with E-state index in [0.717, 1.165) is 10.9 Å². The molecule has 0 atom stereocenters. The predicted octanol–water partition coefficient (Wildman–Crippen LogP) is 3.04. The van der Waals surface area contributed by atoms with Crippen molar-refractivity contribution in [3.8, 4) is 0 Å². The number of carbonyl (C=O) groups is 1. The number of benzene rings is 2. The monoisotopic (exact) mass is 309 g/mol. The van der Waals surface area contributed by atoms with Crippen molar-refractivity contribution in [3.63, 3.8) is 0 Å². The van der Waals surface area contributed by atoms with Crippen LogP contribution in [0, 0.1) is 6.92 Å². The first-order valence-corrected chi connectivity index (χ1v) is 7.09. The lowest BCUT2D eigenvalue weighted by atomic mass is 10.1. The summed E-state index contributed by atoms with van der Waals surface area (Å²) in [4.78, 5) is 23.7. The van der Waals surface area contributed by atoms with Crippen LogP contribution in [0.4, 0.5) is 5.69 Å². The molecule has 3 rings (SSSR count). The standard InChI is InChI=1S/C18H15NO4/c1-11-2-7-15-13(9-17(20)23-16(15)8-11)10-22-18(21)12-3-5-14(19)6-4-12/h2-9H,10,19H2,1H3. The number of nitrogens with two attached hydrogens (primary N) is 1. The van der Waals surface area contributed by atoms with Crippen molar-refractivity contribution in [2.75, 3.05) is 5.73 Å². The van der Waals surface area contributed by atoms with E-state index in [1.165, 1.54) is 6.07 Å². The number of hydrogen-bond acceptors (Lipinski definition) is 5. The van der Waals surface area contributed by atoms with Crippen molar-refractivity contribution >= 4 is 22.6 Å². The van der Waals surface area contributed by atoms with Crippen molar-refractivity contribution in [3.05, 3.63) is 75.6 Å². The van der Waals surface area contributed by atoms with Gasteiger partial charge in [0.05, 0.1) is 5.56 Å². The maximum absolute atomic E-state index is 12.0. The lowest BCUT2D eigenvalue weighted by Crippen LogP contribution is -2.08. The van der Waals surface area contributed by atoms with Crippen molar-refractivity contribution in [2.24, 2.45) is 0 Å². The molecule has 0 spiro atoms. The second kappa shape index (κ2) is 5.96. The molecular formula is C18H15NO4. The first-order valence-electron chi connectivity index (χ1n) is 7.09. The molecule has 0 aliphatic rings. The van der Waals surface area contributed by atoms with E-state index < -0.39 is 11.6 Å². The molecule has 3 aromatic rings. The van der Waals surface area contributed by atoms with Gasteiger partial charge in [0, 0.05) is 22.7 Å². The lowest BCUT2D eigenvalue weighted by Gasteiger charge is -2.08. The van der Waals surface area contributed by atoms with Gasteiger partial charge in [-0.05, 0) is 42.8 Å². The second-order valence-electron chi connectivity index (χ2n) is 5.29. The summed E-state index contributed by atoms with van der Waals surface area (Å²) >= 11 is 0. The van der Waals surface area contributed by atoms with Gasteiger partial charge in [-0.3, -0.25) is 0 Å². The highest BCUT2D eigenvalue weighted by Gasteiger charge is 2.10. The maximum atomic E-state index is 12.0. The zero-order valence-corrected chi connectivity index (χ0v) is 12.5. The van der Waals surface area contributed by atoms with E-state index in [2.05, 4.69) is 0 Å². The maximum Gasteiger partial charge on any atom is 0.338 e. The number of hydrogen-bond donors (Lipinski definition) is 1. The van der Waals surface area contributed by atoms with Crippen LogP contribution in [0.25, 0.3) is 11.0 Å². The van der Waals surface area contributed by atoms with Crippen molar-refractivity contribution in [2.45, 2.75) is 13.5 Å². The Labute approximate surface area is 132 Å². The predicted molar refractivity (Wildman–Crippen MR) is 87.2 cm³/mol. The molecule has 2 N–H and O–H groups in total. The van der Waals surface area contributed by atoms with Gasteiger partial charge in [-0.15, -0.1) is 0 Å². The molecule has 2 aromatic carbocycles. The Balaban J connectivity index is 1.85. The number of nitrogen functional groups attached to an aromatic ring is 1. The zero-order chi connectivity index (χ0) is 16.4. The third-order valence-corrected chi connectivity index (χ3v) is 3.49. The molecular weight excluding hydrogens is 294 g/mol. The molecule has 0 radical (unpaired) electrons. The Morgan fingerprint density at radius 1 is 1.13 bits per heavy atom. The number of carbonyl (C=O) groups excluding carboxylic acids is 1. The number of aryl methyl sites for hydroxylation is 1. The van der Waals surface area contributed by atoms with Crippen LogP contribution in [0.15, 0.2) is 57.7 Å². The number of fused-ring (bicyclic) bond motifs is 1. The molecule has 0 aliphatic heterocycles. The van der Waals surface area contributed by atoms with Crippen LogP contribution in [-0.4, -0.2) is 5.97 Å². The Morgan fingerprint density at radius 3 is 2.61 bits per heavy atom. The average Bonchev–Trinajstić information content (AvgIpc) is 2.52. The first kappa shape index (κ1) is 14.8. The van der Waals surface area contributed by atoms with Gasteiger partial charge in [0.1, 0.15) is 12.2 Å². The summed E-state index contributed by atoms with van der Waals surface area (Å²) in [6, 6.07) is 13.3. The average molecular weight is 309 g/mol. The molecule has 23 heavy (non-hydrogen) atoms. The molecule has 1 aromatic heterocycles. The van der Waals surface area contributed by atoms with Gasteiger partial charge < -0.3 is 14.9 Å². The quantitative estimate of drug-likeness (QED) is 0.457. The summed E-state index contributed by atoms with van der Waals surface area (Å²) in [5, 5.41) is 0.750. The minimum Gasteiger partial charge on any atom is -0.457 e. The van der Waals surface area contributed by atoms with E-state index in [1.54, 1.807) is 30.3 Å². The van der Waals surface area contributed by atoms with Crippen LogP contribution in [0.3, 0.4) is 0 Å². The molecule has 0 bridgehead atoms. The number of anilines is 1. The van der Waals surface area contributed by atoms with Crippen LogP contribution >= 0.6 is 0 Å². The molecule has 1 heterocycles. The summed E-state index contributed by atoms with van der Waals surface area (Å²) in [7, 11) is 0. The minimum atomic E-state index is -0.474. The van der Waals surface area contributed by atoms with Crippen molar-refractivity contribution < 1.29 is 13.9 Å². The van der Waals surface area contributed by atoms with Crippen LogP contribution in [0.2, 0.25) is 0 Å². The molecule has 0 fully saturated rings. The fraction of sp³-hybridized carbons (Fsp3) is 0.111. The molecule has 0 saturated heterocycles. The fourth-order valence-electron chi connectivity index (χ4n) is 2.30. The van der Waals surface area contributed by atoms with Crippen LogP contribution in [-0.2, 0) is 11.3 Å². The fourth-order valence-corrected chi connectivity index (χ4v) is 2.30. The van der Waals surface area contributed by atoms with E-state index in [4.69, 9.17) is 14.9 Å². The van der Waals surface area contributed by atoms with E-state index in [9.17, 15) is 9.59 Å². The largest absolute Gasteiger partial charge is 0.457 e. The number of ether oxygens (including phenoxy) is 1. The van der Waals surface area contributed by atoms with E-state index >= 15 is 0 Å². The third kappa shape index (κ3) is 3.23. The van der Waals surface area contributed by atoms with Gasteiger partial charge in [0.15, 0.2) is 0 Å². The minimum absolute atomic E-state index is 0.00558. The van der Waals surface area contributed by atoms with Gasteiger partial charge in [0.2, 0.25) is 0 Å². The van der Waals surface area contributed by atoms with Crippen LogP contribution in [0.5, 0.6) is 0 Å². The molecule has 0 amide bonds. The Kier molecular flexibility index (Phi) is 3.85. The zero-order valence-electron chi connectivity index (χ0n) is 12.5. The Hall–Kier alpha value is -3.08. The highest BCUT2D eigenvalue weighted by Crippen LogP contribution is 2.19. The highest BCUT2D eigenvalue weighted by atomic mass is 16.5. The first-order chi connectivity index (χ1) is 11.0. The molecule has 0 aliphatic carbocycles. The van der Waals surface area contributed by atoms with Crippen molar-refractivity contribution in [1.29, 1.82) is 0 Å². The smallest absolute Gasteiger partial charge is 0.338 e. The summed E-state index contributed by atoms with van der Waals surface area (Å²) in [5.41, 5.74) is 8.17. The normalized spacial score (nSPS) is 10.7. The van der Waals surface area contributed by atoms with Crippen LogP contribution < -0.4 is 11.4 Å². The molecule has 5 nitrogen and oxygen atoms in total. The van der Waals surface area contributed by atoms with E-state index in [0.29, 0.717) is 22.4 Å². The Bertz CT molecular complexity index is 926. The summed E-state index contributed by atoms with van der Waals surface area (Å²) < 4.78 is 10.5. The molecule has 0 saturated carbocycles. The van der Waals surface area contributed by atoms with E-state index in [1.807, 2.05) is 19.1 Å². The molecule has 0 unspecified atom stereocenters. The van der Waals surface area contributed by atoms with E-state index in [-0.39, 0.29) is 6.61 Å². The third-order valence-electron chi connectivity index (χ3n) is 3.49. The van der Waals surface area contributed by atoms with Crippen molar-refractivity contribution in [1.82, 2.24) is 0 Å². The molecule has 5 heteroatoms. The number of esters is 1. The Morgan fingerprint density at radius 2 is 1.87 bits per heavy atom. The summed E-state index contributed by atoms with van der Waals surface area (Å²) in [6.07, 6.45) is 0. The van der Waals surface area contributed by atoms with Gasteiger partial charge in [-0.1, -0.05) is 12.1 Å². The van der Waals surface area contributed by atoms with Gasteiger partial charge in [-0.25, -0.2) is 9.59 Å². The number of rotatable bonds is 3. The lowest BCUT2D eigenvalue weighted by molar-refractivity contribution is 0.0474.